The Hall–Kier alpha value is -0.160. The second-order valence-corrected chi connectivity index (χ2v) is 5.19. The van der Waals surface area contributed by atoms with Gasteiger partial charge in [-0.15, -0.1) is 0 Å². The van der Waals surface area contributed by atoms with Gasteiger partial charge in [-0.1, -0.05) is 20.8 Å². The highest BCUT2D eigenvalue weighted by Crippen LogP contribution is 2.11. The van der Waals surface area contributed by atoms with Crippen molar-refractivity contribution in [2.75, 3.05) is 40.0 Å². The number of nitrogens with zero attached hydrogens (tertiary/aromatic N) is 1. The highest BCUT2D eigenvalue weighted by Gasteiger charge is 2.24. The van der Waals surface area contributed by atoms with Crippen LogP contribution in [-0.4, -0.2) is 61.5 Å². The van der Waals surface area contributed by atoms with Gasteiger partial charge in [-0.25, -0.2) is 0 Å². The molecule has 0 radical (unpaired) electrons. The summed E-state index contributed by atoms with van der Waals surface area (Å²) in [6.07, 6.45) is 0.944. The molecule has 0 aliphatic heterocycles. The van der Waals surface area contributed by atoms with Crippen LogP contribution >= 0.6 is 0 Å². The van der Waals surface area contributed by atoms with Crippen molar-refractivity contribution < 1.29 is 9.84 Å². The summed E-state index contributed by atoms with van der Waals surface area (Å²) >= 11 is 0. The minimum absolute atomic E-state index is 0.174. The Balaban J connectivity index is 4.09. The molecule has 0 fully saturated rings. The van der Waals surface area contributed by atoms with Crippen LogP contribution in [0.4, 0.5) is 0 Å². The normalized spacial score (nSPS) is 15.5. The van der Waals surface area contributed by atoms with E-state index in [9.17, 15) is 5.11 Å². The molecule has 0 aliphatic rings. The van der Waals surface area contributed by atoms with E-state index >= 15 is 0 Å². The van der Waals surface area contributed by atoms with Crippen LogP contribution in [0.5, 0.6) is 0 Å². The van der Waals surface area contributed by atoms with Gasteiger partial charge in [-0.2, -0.15) is 0 Å². The first kappa shape index (κ1) is 16.8. The number of likely N-dealkylation sites (N-methyl/N-ethyl adjacent to an activating group) is 1. The maximum absolute atomic E-state index is 9.49. The highest BCUT2D eigenvalue weighted by molar-refractivity contribution is 4.84. The summed E-state index contributed by atoms with van der Waals surface area (Å²) < 4.78 is 5.09. The molecular formula is C13H30N2O2. The molecular weight excluding hydrogens is 216 g/mol. The minimum atomic E-state index is -0.186. The van der Waals surface area contributed by atoms with Crippen molar-refractivity contribution in [3.63, 3.8) is 0 Å². The molecule has 0 heterocycles. The summed E-state index contributed by atoms with van der Waals surface area (Å²) in [7, 11) is 1.73. The molecule has 104 valence electrons. The lowest BCUT2D eigenvalue weighted by atomic mass is 9.97. The Morgan fingerprint density at radius 2 is 2.00 bits per heavy atom. The number of nitrogens with one attached hydrogen (secondary N) is 1. The summed E-state index contributed by atoms with van der Waals surface area (Å²) in [5.41, 5.74) is -0.186. The average molecular weight is 246 g/mol. The second-order valence-electron chi connectivity index (χ2n) is 5.19. The lowest BCUT2D eigenvalue weighted by Gasteiger charge is -2.33. The zero-order chi connectivity index (χ0) is 13.3. The van der Waals surface area contributed by atoms with Crippen LogP contribution in [0.15, 0.2) is 0 Å². The zero-order valence-electron chi connectivity index (χ0n) is 12.1. The number of hydrogen-bond donors (Lipinski definition) is 2. The third-order valence-corrected chi connectivity index (χ3v) is 3.02. The van der Waals surface area contributed by atoms with Crippen LogP contribution in [0.3, 0.4) is 0 Å². The number of rotatable bonds is 10. The zero-order valence-corrected chi connectivity index (χ0v) is 12.1. The lowest BCUT2D eigenvalue weighted by Crippen LogP contribution is -2.51. The van der Waals surface area contributed by atoms with Gasteiger partial charge in [-0.05, 0) is 19.9 Å². The molecule has 0 spiro atoms. The Morgan fingerprint density at radius 1 is 1.35 bits per heavy atom. The molecule has 0 aromatic carbocycles. The van der Waals surface area contributed by atoms with Gasteiger partial charge in [0, 0.05) is 31.8 Å². The van der Waals surface area contributed by atoms with Gasteiger partial charge in [-0.3, -0.25) is 0 Å². The minimum Gasteiger partial charge on any atom is -0.394 e. The van der Waals surface area contributed by atoms with Gasteiger partial charge in [0.25, 0.3) is 0 Å². The molecule has 0 saturated carbocycles. The average Bonchev–Trinajstić information content (AvgIpc) is 2.28. The number of ether oxygens (including phenoxy) is 1. The van der Waals surface area contributed by atoms with Crippen LogP contribution in [0, 0.1) is 0 Å². The van der Waals surface area contributed by atoms with Crippen molar-refractivity contribution in [1.29, 1.82) is 0 Å². The Bertz CT molecular complexity index is 188. The highest BCUT2D eigenvalue weighted by atomic mass is 16.5. The Kier molecular flexibility index (Phi) is 8.78. The van der Waals surface area contributed by atoms with Crippen LogP contribution < -0.4 is 5.32 Å². The fourth-order valence-corrected chi connectivity index (χ4v) is 1.95. The Labute approximate surface area is 106 Å². The molecule has 0 aromatic rings. The van der Waals surface area contributed by atoms with Gasteiger partial charge >= 0.3 is 0 Å². The van der Waals surface area contributed by atoms with Gasteiger partial charge in [0.15, 0.2) is 0 Å². The summed E-state index contributed by atoms with van der Waals surface area (Å²) in [6.45, 7) is 12.3. The molecule has 2 N–H and O–H groups in total. The van der Waals surface area contributed by atoms with E-state index in [4.69, 9.17) is 4.74 Å². The SMILES string of the molecule is CCN(CCOC)CCC(C)(CO)NC(C)C. The first-order valence-corrected chi connectivity index (χ1v) is 6.57. The summed E-state index contributed by atoms with van der Waals surface area (Å²) in [4.78, 5) is 2.35. The van der Waals surface area contributed by atoms with E-state index in [2.05, 4.69) is 37.9 Å². The summed E-state index contributed by atoms with van der Waals surface area (Å²) in [5.74, 6) is 0. The molecule has 0 amide bonds. The molecule has 0 aliphatic carbocycles. The van der Waals surface area contributed by atoms with Crippen molar-refractivity contribution in [3.05, 3.63) is 0 Å². The topological polar surface area (TPSA) is 44.7 Å². The Morgan fingerprint density at radius 3 is 2.41 bits per heavy atom. The molecule has 0 saturated heterocycles. The largest absolute Gasteiger partial charge is 0.394 e. The van der Waals surface area contributed by atoms with Gasteiger partial charge in [0.2, 0.25) is 0 Å². The van der Waals surface area contributed by atoms with E-state index in [0.717, 1.165) is 32.7 Å². The fraction of sp³-hybridized carbons (Fsp3) is 1.00. The first-order chi connectivity index (χ1) is 7.97. The van der Waals surface area contributed by atoms with Crippen molar-refractivity contribution in [2.45, 2.75) is 45.7 Å². The molecule has 0 aromatic heterocycles. The molecule has 1 unspecified atom stereocenters. The predicted octanol–water partition coefficient (Wildman–Crippen LogP) is 1.09. The maximum atomic E-state index is 9.49. The van der Waals surface area contributed by atoms with Crippen LogP contribution in [0.25, 0.3) is 0 Å². The molecule has 0 bridgehead atoms. The van der Waals surface area contributed by atoms with E-state index < -0.39 is 0 Å². The van der Waals surface area contributed by atoms with Crippen molar-refractivity contribution in [2.24, 2.45) is 0 Å². The number of methoxy groups -OCH3 is 1. The quantitative estimate of drug-likeness (QED) is 0.606. The number of aliphatic hydroxyl groups excluding tert-OH is 1. The van der Waals surface area contributed by atoms with Gasteiger partial charge in [0.05, 0.1) is 13.2 Å². The predicted molar refractivity (Wildman–Crippen MR) is 72.4 cm³/mol. The number of hydrogen-bond acceptors (Lipinski definition) is 4. The fourth-order valence-electron chi connectivity index (χ4n) is 1.95. The molecule has 1 atom stereocenters. The van der Waals surface area contributed by atoms with E-state index in [0.29, 0.717) is 6.04 Å². The molecule has 4 heteroatoms. The van der Waals surface area contributed by atoms with Crippen molar-refractivity contribution >= 4 is 0 Å². The third-order valence-electron chi connectivity index (χ3n) is 3.02. The van der Waals surface area contributed by atoms with E-state index in [-0.39, 0.29) is 12.1 Å². The second kappa shape index (κ2) is 8.86. The number of aliphatic hydroxyl groups is 1. The van der Waals surface area contributed by atoms with E-state index in [1.54, 1.807) is 7.11 Å². The molecule has 4 nitrogen and oxygen atoms in total. The summed E-state index contributed by atoms with van der Waals surface area (Å²) in [5, 5.41) is 12.9. The van der Waals surface area contributed by atoms with Crippen molar-refractivity contribution in [1.82, 2.24) is 10.2 Å². The summed E-state index contributed by atoms with van der Waals surface area (Å²) in [6, 6.07) is 0.390. The van der Waals surface area contributed by atoms with Gasteiger partial charge < -0.3 is 20.1 Å². The lowest BCUT2D eigenvalue weighted by molar-refractivity contribution is 0.119. The van der Waals surface area contributed by atoms with Crippen LogP contribution in [0.2, 0.25) is 0 Å². The first-order valence-electron chi connectivity index (χ1n) is 6.57. The molecule has 17 heavy (non-hydrogen) atoms. The van der Waals surface area contributed by atoms with Gasteiger partial charge in [0.1, 0.15) is 0 Å². The monoisotopic (exact) mass is 246 g/mol. The van der Waals surface area contributed by atoms with E-state index in [1.165, 1.54) is 0 Å². The van der Waals surface area contributed by atoms with Crippen LogP contribution in [0.1, 0.15) is 34.1 Å². The van der Waals surface area contributed by atoms with Crippen molar-refractivity contribution in [3.8, 4) is 0 Å². The third kappa shape index (κ3) is 7.71. The standard InChI is InChI=1S/C13H30N2O2/c1-6-15(9-10-17-5)8-7-13(4,11-16)14-12(2)3/h12,14,16H,6-11H2,1-5H3. The smallest absolute Gasteiger partial charge is 0.0611 e. The van der Waals surface area contributed by atoms with Crippen LogP contribution in [-0.2, 0) is 4.74 Å². The maximum Gasteiger partial charge on any atom is 0.0611 e. The van der Waals surface area contributed by atoms with E-state index in [1.807, 2.05) is 0 Å². The molecule has 0 rings (SSSR count).